The zero-order chi connectivity index (χ0) is 22.6. The molecule has 1 N–H and O–H groups in total. The van der Waals surface area contributed by atoms with Crippen LogP contribution in [0.5, 0.6) is 0 Å². The monoisotopic (exact) mass is 444 g/mol. The van der Waals surface area contributed by atoms with Crippen LogP contribution in [0.1, 0.15) is 42.1 Å². The second-order valence-electron chi connectivity index (χ2n) is 8.32. The van der Waals surface area contributed by atoms with Crippen LogP contribution >= 0.6 is 11.6 Å². The number of benzene rings is 1. The molecule has 5 nitrogen and oxygen atoms in total. The van der Waals surface area contributed by atoms with Crippen LogP contribution in [-0.2, 0) is 14.3 Å². The topological polar surface area (TPSA) is 72.8 Å². The van der Waals surface area contributed by atoms with Crippen LogP contribution in [0.15, 0.2) is 54.1 Å². The molecule has 6 heteroatoms. The van der Waals surface area contributed by atoms with Gasteiger partial charge < -0.3 is 14.6 Å². The summed E-state index contributed by atoms with van der Waals surface area (Å²) in [6.45, 7) is 2.19. The Morgan fingerprint density at radius 1 is 1.19 bits per heavy atom. The highest BCUT2D eigenvalue weighted by Crippen LogP contribution is 2.53. The summed E-state index contributed by atoms with van der Waals surface area (Å²) in [7, 11) is 2.76. The Morgan fingerprint density at radius 2 is 1.87 bits per heavy atom. The zero-order valence-electron chi connectivity index (χ0n) is 18.1. The molecule has 0 radical (unpaired) electrons. The number of fused-ring (bicyclic) bond motifs is 1. The molecular formula is C25H29ClO5. The summed E-state index contributed by atoms with van der Waals surface area (Å²) in [6.07, 6.45) is 10.3. The summed E-state index contributed by atoms with van der Waals surface area (Å²) in [5, 5.41) is 9.86. The molecule has 0 bridgehead atoms. The van der Waals surface area contributed by atoms with E-state index in [4.69, 9.17) is 21.1 Å². The number of methoxy groups -OCH3 is 2. The quantitative estimate of drug-likeness (QED) is 0.506. The number of aliphatic hydroxyl groups is 1. The first-order valence-corrected chi connectivity index (χ1v) is 10.9. The molecular weight excluding hydrogens is 416 g/mol. The van der Waals surface area contributed by atoms with Gasteiger partial charge >= 0.3 is 11.9 Å². The van der Waals surface area contributed by atoms with E-state index < -0.39 is 11.4 Å². The number of esters is 2. The van der Waals surface area contributed by atoms with Gasteiger partial charge in [-0.25, -0.2) is 4.79 Å². The fraction of sp³-hybridized carbons (Fsp3) is 0.440. The zero-order valence-corrected chi connectivity index (χ0v) is 18.9. The number of allylic oxidation sites excluding steroid dienone is 4. The summed E-state index contributed by atoms with van der Waals surface area (Å²) >= 11 is 6.68. The Morgan fingerprint density at radius 3 is 2.48 bits per heavy atom. The van der Waals surface area contributed by atoms with Crippen molar-refractivity contribution >= 4 is 28.6 Å². The van der Waals surface area contributed by atoms with Gasteiger partial charge in [-0.05, 0) is 55.7 Å². The average molecular weight is 445 g/mol. The maximum absolute atomic E-state index is 13.1. The van der Waals surface area contributed by atoms with Crippen molar-refractivity contribution in [3.05, 3.63) is 65.3 Å². The van der Waals surface area contributed by atoms with Crippen LogP contribution < -0.4 is 0 Å². The van der Waals surface area contributed by atoms with E-state index in [0.717, 1.165) is 18.4 Å². The number of hydrogen-bond acceptors (Lipinski definition) is 5. The molecule has 0 amide bonds. The van der Waals surface area contributed by atoms with E-state index in [0.29, 0.717) is 17.0 Å². The highest BCUT2D eigenvalue weighted by atomic mass is 35.5. The third kappa shape index (κ3) is 4.63. The van der Waals surface area contributed by atoms with Gasteiger partial charge in [0.05, 0.1) is 25.2 Å². The van der Waals surface area contributed by atoms with Crippen molar-refractivity contribution in [1.82, 2.24) is 0 Å². The van der Waals surface area contributed by atoms with Crippen LogP contribution in [0.3, 0.4) is 0 Å². The molecule has 31 heavy (non-hydrogen) atoms. The summed E-state index contributed by atoms with van der Waals surface area (Å²) in [5.41, 5.74) is 1.57. The van der Waals surface area contributed by atoms with Gasteiger partial charge in [-0.2, -0.15) is 0 Å². The van der Waals surface area contributed by atoms with Gasteiger partial charge in [-0.15, -0.1) is 0 Å². The van der Waals surface area contributed by atoms with Crippen LogP contribution in [-0.4, -0.2) is 37.9 Å². The van der Waals surface area contributed by atoms with Gasteiger partial charge in [0.2, 0.25) is 0 Å². The predicted octanol–water partition coefficient (Wildman–Crippen LogP) is 4.75. The molecule has 4 atom stereocenters. The molecule has 166 valence electrons. The first-order valence-electron chi connectivity index (χ1n) is 10.5. The number of ether oxygens (including phenoxy) is 2. The molecule has 3 rings (SSSR count). The van der Waals surface area contributed by atoms with Crippen molar-refractivity contribution in [1.29, 1.82) is 0 Å². The summed E-state index contributed by atoms with van der Waals surface area (Å²) in [5.74, 6) is -0.636. The highest BCUT2D eigenvalue weighted by molar-refractivity contribution is 6.48. The lowest BCUT2D eigenvalue weighted by molar-refractivity contribution is -0.155. The number of carbonyl (C=O) groups is 2. The van der Waals surface area contributed by atoms with Crippen LogP contribution in [0.25, 0.3) is 5.03 Å². The minimum absolute atomic E-state index is 0.0684. The number of halogens is 1. The second-order valence-corrected chi connectivity index (χ2v) is 8.72. The average Bonchev–Trinajstić information content (AvgIpc) is 2.78. The third-order valence-corrected chi connectivity index (χ3v) is 6.78. The van der Waals surface area contributed by atoms with Gasteiger partial charge in [0.25, 0.3) is 0 Å². The molecule has 0 aromatic heterocycles. The van der Waals surface area contributed by atoms with Gasteiger partial charge in [0.1, 0.15) is 0 Å². The standard InChI is InChI=1S/C25H29ClO5/c1-16-12-20-14-17(9-11-27)8-10-25(20,24(29)31-3)21(13-16)15-22(26)18-4-6-19(7-5-18)23(28)30-2/h4-8,10,13,15,17,20-21,27H,9,11-12,14H2,1-3H3/b22-15-/t17-,20-,21-,25-/m0/s1. The third-order valence-electron chi connectivity index (χ3n) is 6.44. The number of rotatable bonds is 6. The summed E-state index contributed by atoms with van der Waals surface area (Å²) < 4.78 is 10.00. The maximum Gasteiger partial charge on any atom is 0.337 e. The molecule has 0 saturated carbocycles. The molecule has 0 saturated heterocycles. The van der Waals surface area contributed by atoms with Gasteiger partial charge in [0.15, 0.2) is 0 Å². The Bertz CT molecular complexity index is 914. The van der Waals surface area contributed by atoms with Crippen molar-refractivity contribution in [2.75, 3.05) is 20.8 Å². The molecule has 0 fully saturated rings. The Labute approximate surface area is 188 Å². The first-order chi connectivity index (χ1) is 14.8. The van der Waals surface area contributed by atoms with Crippen molar-refractivity contribution in [3.63, 3.8) is 0 Å². The SMILES string of the molecule is COC(=O)c1ccc(/C(Cl)=C/[C@@H]2C=C(C)C[C@H]3C[C@H](CCO)C=C[C@]32C(=O)OC)cc1. The van der Waals surface area contributed by atoms with Crippen molar-refractivity contribution < 1.29 is 24.2 Å². The smallest absolute Gasteiger partial charge is 0.337 e. The molecule has 0 unspecified atom stereocenters. The maximum atomic E-state index is 13.1. The van der Waals surface area contributed by atoms with Crippen molar-refractivity contribution in [3.8, 4) is 0 Å². The molecule has 1 aromatic rings. The fourth-order valence-corrected chi connectivity index (χ4v) is 5.12. The summed E-state index contributed by atoms with van der Waals surface area (Å²) in [6, 6.07) is 6.86. The number of carbonyl (C=O) groups excluding carboxylic acids is 2. The minimum atomic E-state index is -0.827. The molecule has 1 aromatic carbocycles. The fourth-order valence-electron chi connectivity index (χ4n) is 4.86. The Hall–Kier alpha value is -2.37. The Balaban J connectivity index is 2.00. The van der Waals surface area contributed by atoms with E-state index in [-0.39, 0.29) is 30.3 Å². The van der Waals surface area contributed by atoms with Crippen LogP contribution in [0, 0.1) is 23.2 Å². The Kier molecular flexibility index (Phi) is 7.39. The van der Waals surface area contributed by atoms with Crippen molar-refractivity contribution in [2.24, 2.45) is 23.2 Å². The van der Waals surface area contributed by atoms with Gasteiger partial charge in [-0.1, -0.05) is 53.6 Å². The lowest BCUT2D eigenvalue weighted by Gasteiger charge is -2.47. The predicted molar refractivity (Wildman–Crippen MR) is 120 cm³/mol. The van der Waals surface area contributed by atoms with Crippen LogP contribution in [0.2, 0.25) is 0 Å². The lowest BCUT2D eigenvalue weighted by Crippen LogP contribution is -2.47. The molecule has 0 aliphatic heterocycles. The van der Waals surface area contributed by atoms with Crippen LogP contribution in [0.4, 0.5) is 0 Å². The minimum Gasteiger partial charge on any atom is -0.468 e. The van der Waals surface area contributed by atoms with E-state index >= 15 is 0 Å². The largest absolute Gasteiger partial charge is 0.468 e. The second kappa shape index (κ2) is 9.84. The van der Waals surface area contributed by atoms with E-state index in [9.17, 15) is 14.7 Å². The first kappa shape index (κ1) is 23.3. The molecule has 0 spiro atoms. The normalized spacial score (nSPS) is 27.8. The van der Waals surface area contributed by atoms with Gasteiger partial charge in [0, 0.05) is 17.6 Å². The lowest BCUT2D eigenvalue weighted by atomic mass is 9.56. The van der Waals surface area contributed by atoms with E-state index in [1.54, 1.807) is 24.3 Å². The van der Waals surface area contributed by atoms with Crippen molar-refractivity contribution in [2.45, 2.75) is 26.2 Å². The van der Waals surface area contributed by atoms with E-state index in [2.05, 4.69) is 13.0 Å². The highest BCUT2D eigenvalue weighted by Gasteiger charge is 2.53. The molecule has 0 heterocycles. The molecule has 2 aliphatic carbocycles. The molecule has 2 aliphatic rings. The number of hydrogen-bond donors (Lipinski definition) is 1. The van der Waals surface area contributed by atoms with E-state index in [1.165, 1.54) is 19.8 Å². The number of aliphatic hydroxyl groups excluding tert-OH is 1. The van der Waals surface area contributed by atoms with E-state index in [1.807, 2.05) is 18.2 Å². The van der Waals surface area contributed by atoms with Gasteiger partial charge in [-0.3, -0.25) is 4.79 Å². The summed E-state index contributed by atoms with van der Waals surface area (Å²) in [4.78, 5) is 24.8.